The maximum Gasteiger partial charge on any atom is 0.305 e. The van der Waals surface area contributed by atoms with Crippen LogP contribution in [-0.4, -0.2) is 71.9 Å². The Labute approximate surface area is 230 Å². The summed E-state index contributed by atoms with van der Waals surface area (Å²) in [5.41, 5.74) is 0.513. The quantitative estimate of drug-likeness (QED) is 0.242. The Hall–Kier alpha value is -3.30. The van der Waals surface area contributed by atoms with Crippen LogP contribution in [0, 0.1) is 10.8 Å². The van der Waals surface area contributed by atoms with E-state index in [1.54, 1.807) is 0 Å². The first kappa shape index (κ1) is 31.9. The molecule has 10 nitrogen and oxygen atoms in total. The van der Waals surface area contributed by atoms with E-state index in [-0.39, 0.29) is 90.1 Å². The Morgan fingerprint density at radius 3 is 1.62 bits per heavy atom. The minimum absolute atomic E-state index is 0.0265. The Kier molecular flexibility index (Phi) is 10.8. The molecule has 0 aromatic rings. The van der Waals surface area contributed by atoms with Gasteiger partial charge in [0.15, 0.2) is 11.6 Å². The summed E-state index contributed by atoms with van der Waals surface area (Å²) in [6.07, 6.45) is 1.25. The van der Waals surface area contributed by atoms with Crippen molar-refractivity contribution >= 4 is 34.9 Å². The molecule has 1 unspecified atom stereocenters. The van der Waals surface area contributed by atoms with Gasteiger partial charge in [-0.05, 0) is 30.6 Å². The van der Waals surface area contributed by atoms with Crippen LogP contribution in [0.5, 0.6) is 0 Å². The fourth-order valence-electron chi connectivity index (χ4n) is 4.92. The second-order valence-corrected chi connectivity index (χ2v) is 11.9. The van der Waals surface area contributed by atoms with Gasteiger partial charge in [0.1, 0.15) is 11.5 Å². The third-order valence-corrected chi connectivity index (χ3v) is 6.79. The van der Waals surface area contributed by atoms with E-state index in [1.807, 2.05) is 34.6 Å². The first-order valence-electron chi connectivity index (χ1n) is 13.2. The zero-order valence-corrected chi connectivity index (χ0v) is 24.2. The van der Waals surface area contributed by atoms with Crippen molar-refractivity contribution in [1.29, 1.82) is 0 Å². The molecule has 216 valence electrons. The molecule has 0 amide bonds. The van der Waals surface area contributed by atoms with Gasteiger partial charge in [-0.15, -0.1) is 0 Å². The number of ether oxygens (including phenoxy) is 2. The van der Waals surface area contributed by atoms with E-state index in [0.29, 0.717) is 24.3 Å². The van der Waals surface area contributed by atoms with Gasteiger partial charge in [0.05, 0.1) is 50.8 Å². The Morgan fingerprint density at radius 2 is 1.18 bits per heavy atom. The maximum absolute atomic E-state index is 13.0. The molecule has 2 saturated carbocycles. The van der Waals surface area contributed by atoms with Crippen molar-refractivity contribution in [1.82, 2.24) is 0 Å². The van der Waals surface area contributed by atoms with Crippen LogP contribution in [0.1, 0.15) is 86.0 Å². The van der Waals surface area contributed by atoms with Crippen molar-refractivity contribution in [2.45, 2.75) is 92.0 Å². The van der Waals surface area contributed by atoms with Crippen LogP contribution in [0.4, 0.5) is 0 Å². The van der Waals surface area contributed by atoms with Gasteiger partial charge in [-0.1, -0.05) is 27.7 Å². The highest BCUT2D eigenvalue weighted by molar-refractivity contribution is 6.25. The predicted molar refractivity (Wildman–Crippen MR) is 147 cm³/mol. The molecule has 0 heterocycles. The van der Waals surface area contributed by atoms with E-state index in [0.717, 1.165) is 0 Å². The molecule has 0 spiro atoms. The van der Waals surface area contributed by atoms with Crippen molar-refractivity contribution in [2.75, 3.05) is 20.8 Å². The molecule has 0 aliphatic heterocycles. The predicted octanol–water partition coefficient (Wildman–Crippen LogP) is 4.57. The summed E-state index contributed by atoms with van der Waals surface area (Å²) in [5, 5.41) is 21.4. The van der Waals surface area contributed by atoms with Crippen molar-refractivity contribution in [3.05, 3.63) is 22.7 Å². The van der Waals surface area contributed by atoms with Crippen LogP contribution in [-0.2, 0) is 28.7 Å². The number of ketones is 2. The van der Waals surface area contributed by atoms with Crippen molar-refractivity contribution in [3.63, 3.8) is 0 Å². The number of nitrogens with zero attached hydrogens (tertiary/aromatic N) is 2. The second-order valence-electron chi connectivity index (χ2n) is 11.9. The number of Topliss-reactive ketones (excluding diaryl/α,β-unsaturated/α-hetero) is 2. The first-order chi connectivity index (χ1) is 18.1. The second kappa shape index (κ2) is 13.2. The lowest BCUT2D eigenvalue weighted by molar-refractivity contribution is -0.141. The lowest BCUT2D eigenvalue weighted by atomic mass is 9.73. The Bertz CT molecular complexity index is 1120. The molecule has 0 bridgehead atoms. The van der Waals surface area contributed by atoms with E-state index >= 15 is 0 Å². The SMILES string of the molecule is COC(=O)CC/C(O)=C1\C(=O)CC(C)(C)CC1=NCC(C)N=C1CC(C)(C)CC(=O)/C1=C(/O)CCC(=O)OC. The smallest absolute Gasteiger partial charge is 0.305 e. The molecular formula is C29H42N2O8. The molecule has 0 aromatic heterocycles. The van der Waals surface area contributed by atoms with E-state index in [1.165, 1.54) is 14.2 Å². The molecule has 2 aliphatic rings. The lowest BCUT2D eigenvalue weighted by Gasteiger charge is -2.32. The molecule has 2 fully saturated rings. The number of rotatable bonds is 9. The number of carbonyl (C=O) groups excluding carboxylic acids is 4. The molecule has 39 heavy (non-hydrogen) atoms. The van der Waals surface area contributed by atoms with E-state index in [2.05, 4.69) is 14.5 Å². The molecule has 2 aliphatic carbocycles. The van der Waals surface area contributed by atoms with Crippen molar-refractivity contribution in [2.24, 2.45) is 20.8 Å². The Balaban J connectivity index is 2.38. The van der Waals surface area contributed by atoms with Gasteiger partial charge >= 0.3 is 11.9 Å². The average Bonchev–Trinajstić information content (AvgIpc) is 2.82. The molecule has 10 heteroatoms. The van der Waals surface area contributed by atoms with Crippen LogP contribution in [0.3, 0.4) is 0 Å². The summed E-state index contributed by atoms with van der Waals surface area (Å²) in [5.74, 6) is -1.80. The first-order valence-corrected chi connectivity index (χ1v) is 13.2. The summed E-state index contributed by atoms with van der Waals surface area (Å²) in [7, 11) is 2.52. The molecule has 0 saturated heterocycles. The minimum Gasteiger partial charge on any atom is -0.511 e. The zero-order chi connectivity index (χ0) is 29.5. The Morgan fingerprint density at radius 1 is 0.769 bits per heavy atom. The number of aliphatic hydroxyl groups excluding tert-OH is 2. The minimum atomic E-state index is -0.489. The summed E-state index contributed by atoms with van der Waals surface area (Å²) in [6, 6.07) is -0.406. The fourth-order valence-corrected chi connectivity index (χ4v) is 4.92. The van der Waals surface area contributed by atoms with Crippen LogP contribution in [0.15, 0.2) is 32.6 Å². The monoisotopic (exact) mass is 546 g/mol. The third-order valence-electron chi connectivity index (χ3n) is 6.79. The summed E-state index contributed by atoms with van der Waals surface area (Å²) >= 11 is 0. The maximum atomic E-state index is 13.0. The summed E-state index contributed by atoms with van der Waals surface area (Å²) < 4.78 is 9.27. The zero-order valence-electron chi connectivity index (χ0n) is 24.2. The highest BCUT2D eigenvalue weighted by Gasteiger charge is 2.38. The summed E-state index contributed by atoms with van der Waals surface area (Å²) in [4.78, 5) is 58.4. The van der Waals surface area contributed by atoms with Gasteiger partial charge in [0, 0.05) is 37.1 Å². The van der Waals surface area contributed by atoms with E-state index in [9.17, 15) is 29.4 Å². The molecule has 2 N–H and O–H groups in total. The summed E-state index contributed by atoms with van der Waals surface area (Å²) in [6.45, 7) is 9.82. The van der Waals surface area contributed by atoms with Crippen LogP contribution < -0.4 is 0 Å². The number of esters is 2. The third kappa shape index (κ3) is 9.14. The highest BCUT2D eigenvalue weighted by atomic mass is 16.5. The topological polar surface area (TPSA) is 152 Å². The fraction of sp³-hybridized carbons (Fsp3) is 0.655. The molecule has 2 rings (SSSR count). The van der Waals surface area contributed by atoms with E-state index < -0.39 is 18.0 Å². The largest absolute Gasteiger partial charge is 0.511 e. The number of methoxy groups -OCH3 is 2. The van der Waals surface area contributed by atoms with Crippen molar-refractivity contribution in [3.8, 4) is 0 Å². The van der Waals surface area contributed by atoms with Gasteiger partial charge in [-0.3, -0.25) is 29.2 Å². The van der Waals surface area contributed by atoms with Gasteiger partial charge in [-0.2, -0.15) is 0 Å². The average molecular weight is 547 g/mol. The normalized spacial score (nSPS) is 24.4. The van der Waals surface area contributed by atoms with Gasteiger partial charge in [0.2, 0.25) is 0 Å². The molecular weight excluding hydrogens is 504 g/mol. The highest BCUT2D eigenvalue weighted by Crippen LogP contribution is 2.37. The van der Waals surface area contributed by atoms with Gasteiger partial charge in [-0.25, -0.2) is 0 Å². The molecule has 0 radical (unpaired) electrons. The van der Waals surface area contributed by atoms with Crippen LogP contribution in [0.25, 0.3) is 0 Å². The lowest BCUT2D eigenvalue weighted by Crippen LogP contribution is -2.34. The number of allylic oxidation sites excluding steroid dienone is 4. The standard InChI is InChI=1S/C29H42N2O8/c1-17(31-19-13-29(4,5)15-23(35)27(19)21(33)9-11-25(37)39-7)16-30-18-12-28(2,3)14-22(34)26(18)20(32)8-10-24(36)38-6/h17,32-33H,8-16H2,1-7H3/b26-20+,27-21+,30-18?,31-19?. The van der Waals surface area contributed by atoms with E-state index in [4.69, 9.17) is 4.99 Å². The van der Waals surface area contributed by atoms with Crippen LogP contribution in [0.2, 0.25) is 0 Å². The number of hydrogen-bond donors (Lipinski definition) is 2. The number of hydrogen-bond acceptors (Lipinski definition) is 10. The number of aliphatic imine (C=N–C) groups is 2. The van der Waals surface area contributed by atoms with Gasteiger partial charge < -0.3 is 19.7 Å². The number of aliphatic hydroxyl groups is 2. The van der Waals surface area contributed by atoms with Crippen molar-refractivity contribution < 1.29 is 38.9 Å². The van der Waals surface area contributed by atoms with Crippen LogP contribution >= 0.6 is 0 Å². The molecule has 1 atom stereocenters. The molecule has 0 aromatic carbocycles. The number of carbonyl (C=O) groups is 4. The van der Waals surface area contributed by atoms with Gasteiger partial charge in [0.25, 0.3) is 0 Å².